The molecule has 2 amide bonds. The summed E-state index contributed by atoms with van der Waals surface area (Å²) in [6.45, 7) is 1.40. The van der Waals surface area contributed by atoms with Gasteiger partial charge in [-0.1, -0.05) is 36.4 Å². The fourth-order valence-corrected chi connectivity index (χ4v) is 3.35. The number of hydrogen-bond donors (Lipinski definition) is 2. The number of rotatable bonds is 7. The highest BCUT2D eigenvalue weighted by molar-refractivity contribution is 5.95. The average Bonchev–Trinajstić information content (AvgIpc) is 3.02. The van der Waals surface area contributed by atoms with Crippen LogP contribution in [0.25, 0.3) is 0 Å². The van der Waals surface area contributed by atoms with Crippen molar-refractivity contribution in [2.45, 2.75) is 25.4 Å². The summed E-state index contributed by atoms with van der Waals surface area (Å²) in [7, 11) is 4.05. The van der Waals surface area contributed by atoms with Gasteiger partial charge in [-0.2, -0.15) is 0 Å². The number of aryl methyl sites for hydroxylation is 1. The number of amides is 2. The zero-order valence-corrected chi connectivity index (χ0v) is 15.7. The van der Waals surface area contributed by atoms with Gasteiger partial charge in [0, 0.05) is 25.2 Å². The van der Waals surface area contributed by atoms with Gasteiger partial charge < -0.3 is 15.3 Å². The Morgan fingerprint density at radius 1 is 1.11 bits per heavy atom. The van der Waals surface area contributed by atoms with Crippen molar-refractivity contribution in [2.24, 2.45) is 0 Å². The highest BCUT2D eigenvalue weighted by atomic mass is 16.4. The molecule has 0 saturated carbocycles. The van der Waals surface area contributed by atoms with Crippen molar-refractivity contribution in [1.82, 2.24) is 10.2 Å². The third-order valence-electron chi connectivity index (χ3n) is 4.68. The van der Waals surface area contributed by atoms with E-state index >= 15 is 0 Å². The Balaban J connectivity index is 1.77. The molecule has 1 aliphatic rings. The van der Waals surface area contributed by atoms with Gasteiger partial charge in [-0.25, -0.2) is 4.79 Å². The minimum Gasteiger partial charge on any atom is -0.481 e. The molecule has 1 unspecified atom stereocenters. The van der Waals surface area contributed by atoms with E-state index in [2.05, 4.69) is 10.2 Å². The maximum absolute atomic E-state index is 12.4. The first kappa shape index (κ1) is 18.9. The van der Waals surface area contributed by atoms with Gasteiger partial charge in [0.25, 0.3) is 0 Å². The molecule has 1 heterocycles. The van der Waals surface area contributed by atoms with E-state index in [1.807, 2.05) is 62.6 Å². The van der Waals surface area contributed by atoms with Gasteiger partial charge in [-0.3, -0.25) is 9.69 Å². The third-order valence-corrected chi connectivity index (χ3v) is 4.68. The molecule has 0 aromatic heterocycles. The number of urea groups is 1. The first-order valence-corrected chi connectivity index (χ1v) is 9.05. The van der Waals surface area contributed by atoms with Crippen LogP contribution in [0.15, 0.2) is 48.5 Å². The molecule has 0 spiro atoms. The van der Waals surface area contributed by atoms with Crippen LogP contribution in [0.1, 0.15) is 29.2 Å². The van der Waals surface area contributed by atoms with E-state index in [0.29, 0.717) is 13.0 Å². The lowest BCUT2D eigenvalue weighted by molar-refractivity contribution is -0.136. The molecule has 142 valence electrons. The second-order valence-corrected chi connectivity index (χ2v) is 7.11. The zero-order valence-electron chi connectivity index (χ0n) is 15.7. The van der Waals surface area contributed by atoms with Gasteiger partial charge in [0.2, 0.25) is 0 Å². The fraction of sp³-hybridized carbons (Fsp3) is 0.333. The van der Waals surface area contributed by atoms with Crippen molar-refractivity contribution in [1.29, 1.82) is 0 Å². The number of nitrogens with zero attached hydrogens (tertiary/aromatic N) is 2. The van der Waals surface area contributed by atoms with Crippen molar-refractivity contribution < 1.29 is 14.7 Å². The number of benzene rings is 2. The van der Waals surface area contributed by atoms with Gasteiger partial charge >= 0.3 is 12.0 Å². The quantitative estimate of drug-likeness (QED) is 0.789. The summed E-state index contributed by atoms with van der Waals surface area (Å²) in [6, 6.07) is 15.7. The van der Waals surface area contributed by atoms with Gasteiger partial charge in [0.1, 0.15) is 0 Å². The number of aliphatic carboxylic acids is 1. The molecule has 6 nitrogen and oxygen atoms in total. The van der Waals surface area contributed by atoms with Crippen molar-refractivity contribution >= 4 is 17.7 Å². The Labute approximate surface area is 159 Å². The molecule has 0 bridgehead atoms. The Bertz CT molecular complexity index is 800. The smallest absolute Gasteiger partial charge is 0.322 e. The standard InChI is InChI=1S/C21H25N3O3/c1-23(2)14-16-5-10-18(11-6-16)24-19(13-22-21(24)27)17-8-3-15(4-9-17)7-12-20(25)26/h3-6,8-11,19H,7,12-14H2,1-2H3,(H,22,27)(H,25,26). The number of carbonyl (C=O) groups is 2. The van der Waals surface area contributed by atoms with Crippen LogP contribution in [0, 0.1) is 0 Å². The van der Waals surface area contributed by atoms with E-state index in [4.69, 9.17) is 5.11 Å². The summed E-state index contributed by atoms with van der Waals surface area (Å²) in [4.78, 5) is 27.0. The maximum Gasteiger partial charge on any atom is 0.322 e. The van der Waals surface area contributed by atoms with Crippen molar-refractivity contribution in [3.63, 3.8) is 0 Å². The number of hydrogen-bond acceptors (Lipinski definition) is 3. The number of carboxylic acids is 1. The van der Waals surface area contributed by atoms with Crippen molar-refractivity contribution in [3.8, 4) is 0 Å². The summed E-state index contributed by atoms with van der Waals surface area (Å²) in [6.07, 6.45) is 0.628. The van der Waals surface area contributed by atoms with E-state index in [0.717, 1.165) is 23.4 Å². The lowest BCUT2D eigenvalue weighted by atomic mass is 10.0. The maximum atomic E-state index is 12.4. The second-order valence-electron chi connectivity index (χ2n) is 7.11. The predicted octanol–water partition coefficient (Wildman–Crippen LogP) is 3.04. The molecule has 2 aromatic carbocycles. The molecular formula is C21H25N3O3. The van der Waals surface area contributed by atoms with Crippen molar-refractivity contribution in [2.75, 3.05) is 25.5 Å². The molecule has 27 heavy (non-hydrogen) atoms. The number of nitrogens with one attached hydrogen (secondary N) is 1. The molecule has 0 radical (unpaired) electrons. The summed E-state index contributed by atoms with van der Waals surface area (Å²) in [5.74, 6) is -0.798. The SMILES string of the molecule is CN(C)Cc1ccc(N2C(=O)NCC2c2ccc(CCC(=O)O)cc2)cc1. The molecule has 1 aliphatic heterocycles. The topological polar surface area (TPSA) is 72.9 Å². The van der Waals surface area contributed by atoms with Crippen molar-refractivity contribution in [3.05, 3.63) is 65.2 Å². The molecule has 1 atom stereocenters. The summed E-state index contributed by atoms with van der Waals surface area (Å²) < 4.78 is 0. The summed E-state index contributed by atoms with van der Waals surface area (Å²) in [5.41, 5.74) is 4.08. The number of carbonyl (C=O) groups excluding carboxylic acids is 1. The molecule has 6 heteroatoms. The van der Waals surface area contributed by atoms with Crippen LogP contribution in [0.4, 0.5) is 10.5 Å². The Kier molecular flexibility index (Phi) is 5.76. The van der Waals surface area contributed by atoms with E-state index in [1.54, 1.807) is 4.90 Å². The lowest BCUT2D eigenvalue weighted by Gasteiger charge is -2.24. The molecular weight excluding hydrogens is 342 g/mol. The van der Waals surface area contributed by atoms with Gasteiger partial charge in [-0.15, -0.1) is 0 Å². The number of carboxylic acid groups (broad SMARTS) is 1. The van der Waals surface area contributed by atoms with Crippen LogP contribution >= 0.6 is 0 Å². The highest BCUT2D eigenvalue weighted by Crippen LogP contribution is 2.31. The van der Waals surface area contributed by atoms with E-state index < -0.39 is 5.97 Å². The molecule has 3 rings (SSSR count). The second kappa shape index (κ2) is 8.22. The molecule has 0 aliphatic carbocycles. The zero-order chi connectivity index (χ0) is 19.4. The summed E-state index contributed by atoms with van der Waals surface area (Å²) >= 11 is 0. The lowest BCUT2D eigenvalue weighted by Crippen LogP contribution is -2.29. The first-order valence-electron chi connectivity index (χ1n) is 9.05. The van der Waals surface area contributed by atoms with Crippen LogP contribution in [0.3, 0.4) is 0 Å². The third kappa shape index (κ3) is 4.65. The molecule has 2 aromatic rings. The average molecular weight is 367 g/mol. The van der Waals surface area contributed by atoms with Gasteiger partial charge in [0.15, 0.2) is 0 Å². The minimum atomic E-state index is -0.798. The Morgan fingerprint density at radius 3 is 2.33 bits per heavy atom. The van der Waals surface area contributed by atoms with E-state index in [1.165, 1.54) is 5.56 Å². The van der Waals surface area contributed by atoms with Crippen LogP contribution in [0.5, 0.6) is 0 Å². The molecule has 1 saturated heterocycles. The largest absolute Gasteiger partial charge is 0.481 e. The van der Waals surface area contributed by atoms with Gasteiger partial charge in [-0.05, 0) is 49.3 Å². The van der Waals surface area contributed by atoms with Crippen LogP contribution < -0.4 is 10.2 Å². The monoisotopic (exact) mass is 367 g/mol. The number of anilines is 1. The Hall–Kier alpha value is -2.86. The molecule has 1 fully saturated rings. The minimum absolute atomic E-state index is 0.0780. The predicted molar refractivity (Wildman–Crippen MR) is 105 cm³/mol. The Morgan fingerprint density at radius 2 is 1.74 bits per heavy atom. The van der Waals surface area contributed by atoms with Crippen LogP contribution in [-0.4, -0.2) is 42.6 Å². The first-order chi connectivity index (χ1) is 12.9. The van der Waals surface area contributed by atoms with E-state index in [9.17, 15) is 9.59 Å². The summed E-state index contributed by atoms with van der Waals surface area (Å²) in [5, 5.41) is 11.7. The fourth-order valence-electron chi connectivity index (χ4n) is 3.35. The molecule has 2 N–H and O–H groups in total. The highest BCUT2D eigenvalue weighted by Gasteiger charge is 2.33. The van der Waals surface area contributed by atoms with Gasteiger partial charge in [0.05, 0.1) is 6.04 Å². The normalized spacial score (nSPS) is 16.6. The van der Waals surface area contributed by atoms with Crippen LogP contribution in [-0.2, 0) is 17.8 Å². The van der Waals surface area contributed by atoms with Crippen LogP contribution in [0.2, 0.25) is 0 Å². The van der Waals surface area contributed by atoms with E-state index in [-0.39, 0.29) is 18.5 Å².